The maximum atomic E-state index is 11.4. The number of carbonyl (C=O) groups is 2. The van der Waals surface area contributed by atoms with Gasteiger partial charge in [0.1, 0.15) is 6.04 Å². The van der Waals surface area contributed by atoms with Gasteiger partial charge in [0.15, 0.2) is 5.75 Å². The lowest BCUT2D eigenvalue weighted by Gasteiger charge is -2.13. The lowest BCUT2D eigenvalue weighted by atomic mass is 10.2. The van der Waals surface area contributed by atoms with Crippen LogP contribution < -0.4 is 4.72 Å². The molecule has 0 aromatic carbocycles. The molecular formula is C8H15NO6S2. The Morgan fingerprint density at radius 2 is 2.06 bits per heavy atom. The van der Waals surface area contributed by atoms with Gasteiger partial charge in [-0.15, -0.1) is 0 Å². The lowest BCUT2D eigenvalue weighted by molar-refractivity contribution is -0.139. The molecule has 0 amide bonds. The summed E-state index contributed by atoms with van der Waals surface area (Å²) in [6.45, 7) is 0. The maximum Gasteiger partial charge on any atom is 0.322 e. The first-order valence-electron chi connectivity index (χ1n) is 4.61. The molecular weight excluding hydrogens is 270 g/mol. The molecule has 0 saturated carbocycles. The number of carboxylic acids is 1. The molecule has 0 aromatic rings. The first kappa shape index (κ1) is 16.2. The zero-order valence-electron chi connectivity index (χ0n) is 9.50. The molecule has 100 valence electrons. The summed E-state index contributed by atoms with van der Waals surface area (Å²) >= 11 is 1.40. The minimum atomic E-state index is -3.98. The minimum absolute atomic E-state index is 0.150. The van der Waals surface area contributed by atoms with Crippen LogP contribution in [0.2, 0.25) is 0 Å². The summed E-state index contributed by atoms with van der Waals surface area (Å²) in [7, 11) is -2.93. The van der Waals surface area contributed by atoms with Gasteiger partial charge in [-0.25, -0.2) is 13.1 Å². The highest BCUT2D eigenvalue weighted by atomic mass is 32.2. The summed E-state index contributed by atoms with van der Waals surface area (Å²) < 4.78 is 28.9. The second-order valence-electron chi connectivity index (χ2n) is 3.13. The van der Waals surface area contributed by atoms with Crippen molar-refractivity contribution in [3.05, 3.63) is 0 Å². The fourth-order valence-corrected chi connectivity index (χ4v) is 2.58. The van der Waals surface area contributed by atoms with E-state index in [9.17, 15) is 18.0 Å². The predicted octanol–water partition coefficient (Wildman–Crippen LogP) is -0.715. The standard InChI is InChI=1S/C8H15NO6S2/c1-15-7(10)5-17(13,14)9-6(8(11)12)3-4-16-2/h6,9H,3-5H2,1-2H3,(H,11,12)/t6-/m1/s1. The molecule has 0 aliphatic carbocycles. The molecule has 0 rings (SSSR count). The van der Waals surface area contributed by atoms with Crippen molar-refractivity contribution in [1.29, 1.82) is 0 Å². The Labute approximate surface area is 104 Å². The van der Waals surface area contributed by atoms with Gasteiger partial charge in [0.25, 0.3) is 0 Å². The van der Waals surface area contributed by atoms with E-state index in [-0.39, 0.29) is 6.42 Å². The number of methoxy groups -OCH3 is 1. The van der Waals surface area contributed by atoms with Crippen LogP contribution in [-0.2, 0) is 24.3 Å². The van der Waals surface area contributed by atoms with Crippen LogP contribution in [-0.4, -0.2) is 56.4 Å². The number of hydrogen-bond donors (Lipinski definition) is 2. The van der Waals surface area contributed by atoms with Crippen LogP contribution in [0.5, 0.6) is 0 Å². The monoisotopic (exact) mass is 285 g/mol. The number of thioether (sulfide) groups is 1. The van der Waals surface area contributed by atoms with Crippen LogP contribution in [0.15, 0.2) is 0 Å². The molecule has 0 fully saturated rings. The molecule has 0 unspecified atom stereocenters. The molecule has 0 aliphatic heterocycles. The topological polar surface area (TPSA) is 110 Å². The normalized spacial score (nSPS) is 13.1. The lowest BCUT2D eigenvalue weighted by Crippen LogP contribution is -2.43. The van der Waals surface area contributed by atoms with Crippen LogP contribution in [0.25, 0.3) is 0 Å². The number of nitrogens with one attached hydrogen (secondary N) is 1. The molecule has 1 atom stereocenters. The van der Waals surface area contributed by atoms with E-state index in [1.54, 1.807) is 6.26 Å². The first-order valence-corrected chi connectivity index (χ1v) is 7.65. The highest BCUT2D eigenvalue weighted by Gasteiger charge is 2.25. The molecule has 7 nitrogen and oxygen atoms in total. The Morgan fingerprint density at radius 1 is 1.47 bits per heavy atom. The average molecular weight is 285 g/mol. The molecule has 0 radical (unpaired) electrons. The van der Waals surface area contributed by atoms with Crippen molar-refractivity contribution >= 4 is 33.7 Å². The van der Waals surface area contributed by atoms with Crippen molar-refractivity contribution in [1.82, 2.24) is 4.72 Å². The van der Waals surface area contributed by atoms with Gasteiger partial charge in [-0.05, 0) is 18.4 Å². The molecule has 17 heavy (non-hydrogen) atoms. The van der Waals surface area contributed by atoms with E-state index in [1.165, 1.54) is 11.8 Å². The Bertz CT molecular complexity index is 366. The number of carbonyl (C=O) groups excluding carboxylic acids is 1. The van der Waals surface area contributed by atoms with Crippen molar-refractivity contribution in [3.63, 3.8) is 0 Å². The van der Waals surface area contributed by atoms with Crippen molar-refractivity contribution in [2.24, 2.45) is 0 Å². The summed E-state index contributed by atoms with van der Waals surface area (Å²) in [5.74, 6) is -2.59. The van der Waals surface area contributed by atoms with Crippen LogP contribution in [0.3, 0.4) is 0 Å². The first-order chi connectivity index (χ1) is 7.82. The zero-order valence-corrected chi connectivity index (χ0v) is 11.1. The highest BCUT2D eigenvalue weighted by molar-refractivity contribution is 7.98. The van der Waals surface area contributed by atoms with Crippen LogP contribution in [0, 0.1) is 0 Å². The highest BCUT2D eigenvalue weighted by Crippen LogP contribution is 2.03. The van der Waals surface area contributed by atoms with E-state index in [0.717, 1.165) is 7.11 Å². The van der Waals surface area contributed by atoms with Gasteiger partial charge in [-0.2, -0.15) is 11.8 Å². The molecule has 0 aliphatic rings. The van der Waals surface area contributed by atoms with E-state index in [0.29, 0.717) is 5.75 Å². The summed E-state index contributed by atoms with van der Waals surface area (Å²) in [4.78, 5) is 21.6. The fourth-order valence-electron chi connectivity index (χ4n) is 0.941. The smallest absolute Gasteiger partial charge is 0.322 e. The van der Waals surface area contributed by atoms with Crippen molar-refractivity contribution in [2.75, 3.05) is 24.9 Å². The predicted molar refractivity (Wildman–Crippen MR) is 63.4 cm³/mol. The van der Waals surface area contributed by atoms with E-state index >= 15 is 0 Å². The van der Waals surface area contributed by atoms with Crippen LogP contribution in [0.4, 0.5) is 0 Å². The minimum Gasteiger partial charge on any atom is -0.480 e. The van der Waals surface area contributed by atoms with Crippen LogP contribution in [0.1, 0.15) is 6.42 Å². The van der Waals surface area contributed by atoms with Gasteiger partial charge in [-0.1, -0.05) is 0 Å². The third-order valence-corrected chi connectivity index (χ3v) is 3.67. The number of rotatable bonds is 8. The van der Waals surface area contributed by atoms with Gasteiger partial charge in [0, 0.05) is 0 Å². The molecule has 0 saturated heterocycles. The van der Waals surface area contributed by atoms with Crippen LogP contribution >= 0.6 is 11.8 Å². The molecule has 0 aromatic heterocycles. The van der Waals surface area contributed by atoms with Crippen molar-refractivity contribution in [3.8, 4) is 0 Å². The second kappa shape index (κ2) is 7.51. The Morgan fingerprint density at radius 3 is 2.47 bits per heavy atom. The third-order valence-electron chi connectivity index (χ3n) is 1.77. The third kappa shape index (κ3) is 7.18. The number of carboxylic acid groups (broad SMARTS) is 1. The van der Waals surface area contributed by atoms with E-state index < -0.39 is 33.8 Å². The van der Waals surface area contributed by atoms with Crippen molar-refractivity contribution in [2.45, 2.75) is 12.5 Å². The largest absolute Gasteiger partial charge is 0.480 e. The number of hydrogen-bond acceptors (Lipinski definition) is 6. The average Bonchev–Trinajstić information content (AvgIpc) is 2.22. The van der Waals surface area contributed by atoms with Gasteiger partial charge in [0.05, 0.1) is 7.11 Å². The molecule has 9 heteroatoms. The molecule has 0 spiro atoms. The number of aliphatic carboxylic acids is 1. The summed E-state index contributed by atoms with van der Waals surface area (Å²) in [5, 5.41) is 8.80. The number of sulfonamides is 1. The molecule has 2 N–H and O–H groups in total. The van der Waals surface area contributed by atoms with Gasteiger partial charge in [0.2, 0.25) is 10.0 Å². The SMILES string of the molecule is COC(=O)CS(=O)(=O)N[C@H](CCSC)C(=O)O. The van der Waals surface area contributed by atoms with E-state index in [2.05, 4.69) is 4.74 Å². The molecule has 0 heterocycles. The zero-order chi connectivity index (χ0) is 13.5. The Balaban J connectivity index is 4.52. The van der Waals surface area contributed by atoms with Gasteiger partial charge < -0.3 is 9.84 Å². The quantitative estimate of drug-likeness (QED) is 0.566. The maximum absolute atomic E-state index is 11.4. The van der Waals surface area contributed by atoms with Crippen molar-refractivity contribution < 1.29 is 27.9 Å². The summed E-state index contributed by atoms with van der Waals surface area (Å²) in [5.41, 5.74) is 0. The second-order valence-corrected chi connectivity index (χ2v) is 5.86. The van der Waals surface area contributed by atoms with E-state index in [1.807, 2.05) is 4.72 Å². The van der Waals surface area contributed by atoms with Gasteiger partial charge >= 0.3 is 11.9 Å². The Hall–Kier alpha value is -0.800. The fraction of sp³-hybridized carbons (Fsp3) is 0.750. The number of esters is 1. The van der Waals surface area contributed by atoms with Gasteiger partial charge in [-0.3, -0.25) is 9.59 Å². The summed E-state index contributed by atoms with van der Waals surface area (Å²) in [6, 6.07) is -1.22. The molecule has 0 bridgehead atoms. The Kier molecular flexibility index (Phi) is 7.16. The number of ether oxygens (including phenoxy) is 1. The van der Waals surface area contributed by atoms with E-state index in [4.69, 9.17) is 5.11 Å². The summed E-state index contributed by atoms with van der Waals surface area (Å²) in [6.07, 6.45) is 1.93.